The predicted molar refractivity (Wildman–Crippen MR) is 76.5 cm³/mol. The molecule has 1 aliphatic heterocycles. The van der Waals surface area contributed by atoms with Crippen molar-refractivity contribution in [3.05, 3.63) is 30.3 Å². The molecule has 2 heterocycles. The fourth-order valence-corrected chi connectivity index (χ4v) is 2.35. The molecule has 21 heavy (non-hydrogen) atoms. The van der Waals surface area contributed by atoms with Crippen LogP contribution in [0.4, 0.5) is 0 Å². The Labute approximate surface area is 123 Å². The molecule has 0 amide bonds. The molecule has 2 aromatic rings. The fourth-order valence-electron chi connectivity index (χ4n) is 2.35. The van der Waals surface area contributed by atoms with Crippen molar-refractivity contribution in [1.29, 1.82) is 0 Å². The molecule has 1 atom stereocenters. The number of aliphatic hydroxyl groups is 1. The minimum Gasteiger partial charge on any atom is -0.390 e. The summed E-state index contributed by atoms with van der Waals surface area (Å²) in [5.74, 6) is 0.578. The van der Waals surface area contributed by atoms with E-state index in [1.807, 2.05) is 30.3 Å². The number of hydrogen-bond donors (Lipinski definition) is 1. The van der Waals surface area contributed by atoms with E-state index in [0.29, 0.717) is 18.9 Å². The molecule has 1 saturated heterocycles. The molecule has 7 nitrogen and oxygen atoms in total. The van der Waals surface area contributed by atoms with Crippen LogP contribution in [-0.2, 0) is 11.3 Å². The molecule has 0 spiro atoms. The Morgan fingerprint density at radius 2 is 1.90 bits per heavy atom. The fraction of sp³-hybridized carbons (Fsp3) is 0.500. The predicted octanol–water partition coefficient (Wildman–Crippen LogP) is 0.0332. The van der Waals surface area contributed by atoms with Gasteiger partial charge in [0.15, 0.2) is 0 Å². The number of β-amino-alcohol motifs (C(OH)–C–C–N with tert-alkyl or cyclic N) is 1. The van der Waals surface area contributed by atoms with Gasteiger partial charge in [0.25, 0.3) is 0 Å². The van der Waals surface area contributed by atoms with Crippen LogP contribution < -0.4 is 0 Å². The van der Waals surface area contributed by atoms with E-state index in [0.717, 1.165) is 31.9 Å². The van der Waals surface area contributed by atoms with Crippen molar-refractivity contribution in [3.63, 3.8) is 0 Å². The number of aromatic nitrogens is 4. The summed E-state index contributed by atoms with van der Waals surface area (Å²) in [6, 6.07) is 9.68. The second-order valence-corrected chi connectivity index (χ2v) is 5.10. The Kier molecular flexibility index (Phi) is 4.54. The van der Waals surface area contributed by atoms with Gasteiger partial charge in [-0.05, 0) is 5.21 Å². The van der Waals surface area contributed by atoms with Crippen LogP contribution in [0.1, 0.15) is 0 Å². The molecule has 1 aromatic heterocycles. The van der Waals surface area contributed by atoms with Gasteiger partial charge in [-0.1, -0.05) is 30.3 Å². The van der Waals surface area contributed by atoms with Crippen LogP contribution in [0.5, 0.6) is 0 Å². The summed E-state index contributed by atoms with van der Waals surface area (Å²) >= 11 is 0. The van der Waals surface area contributed by atoms with E-state index in [9.17, 15) is 5.11 Å². The highest BCUT2D eigenvalue weighted by Gasteiger charge is 2.16. The summed E-state index contributed by atoms with van der Waals surface area (Å²) in [5.41, 5.74) is 0.923. The molecule has 0 bridgehead atoms. The quantitative estimate of drug-likeness (QED) is 0.837. The number of benzene rings is 1. The standard InChI is InChI=1S/C14H19N5O2/c20-13(10-18-6-8-21-9-7-18)11-19-16-14(15-17-19)12-4-2-1-3-5-12/h1-5,13,20H,6-11H2/t13-/m0/s1. The SMILES string of the molecule is O[C@@H](CN1CCOCC1)Cn1nnc(-c2ccccc2)n1. The normalized spacial score (nSPS) is 17.8. The highest BCUT2D eigenvalue weighted by molar-refractivity contribution is 5.52. The summed E-state index contributed by atoms with van der Waals surface area (Å²) in [6.07, 6.45) is -0.513. The van der Waals surface area contributed by atoms with Gasteiger partial charge in [0.1, 0.15) is 0 Å². The molecular weight excluding hydrogens is 270 g/mol. The van der Waals surface area contributed by atoms with Crippen molar-refractivity contribution in [2.45, 2.75) is 12.6 Å². The Morgan fingerprint density at radius 3 is 2.67 bits per heavy atom. The zero-order chi connectivity index (χ0) is 14.5. The second-order valence-electron chi connectivity index (χ2n) is 5.10. The number of rotatable bonds is 5. The monoisotopic (exact) mass is 289 g/mol. The van der Waals surface area contributed by atoms with Crippen LogP contribution in [0, 0.1) is 0 Å². The third kappa shape index (κ3) is 3.84. The van der Waals surface area contributed by atoms with Crippen molar-refractivity contribution < 1.29 is 9.84 Å². The molecule has 0 radical (unpaired) electrons. The number of aliphatic hydroxyl groups excluding tert-OH is 1. The lowest BCUT2D eigenvalue weighted by atomic mass is 10.2. The first-order chi connectivity index (χ1) is 10.3. The lowest BCUT2D eigenvalue weighted by molar-refractivity contribution is 0.00988. The molecule has 0 unspecified atom stereocenters. The van der Waals surface area contributed by atoms with Crippen LogP contribution in [0.15, 0.2) is 30.3 Å². The Balaban J connectivity index is 1.56. The first kappa shape index (κ1) is 14.1. The lowest BCUT2D eigenvalue weighted by Gasteiger charge is -2.28. The van der Waals surface area contributed by atoms with E-state index in [2.05, 4.69) is 20.3 Å². The number of morpholine rings is 1. The minimum atomic E-state index is -0.513. The highest BCUT2D eigenvalue weighted by Crippen LogP contribution is 2.11. The smallest absolute Gasteiger partial charge is 0.204 e. The van der Waals surface area contributed by atoms with Crippen molar-refractivity contribution >= 4 is 0 Å². The summed E-state index contributed by atoms with van der Waals surface area (Å²) in [6.45, 7) is 4.12. The van der Waals surface area contributed by atoms with Crippen molar-refractivity contribution in [2.24, 2.45) is 0 Å². The number of ether oxygens (including phenoxy) is 1. The molecule has 0 aliphatic carbocycles. The summed E-state index contributed by atoms with van der Waals surface area (Å²) in [4.78, 5) is 3.64. The average molecular weight is 289 g/mol. The second kappa shape index (κ2) is 6.75. The van der Waals surface area contributed by atoms with Gasteiger partial charge in [-0.15, -0.1) is 10.2 Å². The van der Waals surface area contributed by atoms with E-state index in [1.165, 1.54) is 4.80 Å². The maximum Gasteiger partial charge on any atom is 0.204 e. The van der Waals surface area contributed by atoms with E-state index in [-0.39, 0.29) is 0 Å². The molecule has 3 rings (SSSR count). The van der Waals surface area contributed by atoms with Gasteiger partial charge in [0.2, 0.25) is 5.82 Å². The highest BCUT2D eigenvalue weighted by atomic mass is 16.5. The van der Waals surface area contributed by atoms with Gasteiger partial charge < -0.3 is 9.84 Å². The molecule has 1 aliphatic rings. The molecular formula is C14H19N5O2. The van der Waals surface area contributed by atoms with Crippen LogP contribution >= 0.6 is 0 Å². The lowest BCUT2D eigenvalue weighted by Crippen LogP contribution is -2.42. The van der Waals surface area contributed by atoms with Crippen molar-refractivity contribution in [2.75, 3.05) is 32.8 Å². The number of nitrogens with zero attached hydrogens (tertiary/aromatic N) is 5. The van der Waals surface area contributed by atoms with Gasteiger partial charge in [0.05, 0.1) is 25.9 Å². The zero-order valence-corrected chi connectivity index (χ0v) is 11.8. The van der Waals surface area contributed by atoms with Gasteiger partial charge in [0, 0.05) is 25.2 Å². The Morgan fingerprint density at radius 1 is 1.14 bits per heavy atom. The maximum absolute atomic E-state index is 10.1. The van der Waals surface area contributed by atoms with E-state index in [4.69, 9.17) is 4.74 Å². The first-order valence-corrected chi connectivity index (χ1v) is 7.12. The largest absolute Gasteiger partial charge is 0.390 e. The van der Waals surface area contributed by atoms with Gasteiger partial charge >= 0.3 is 0 Å². The molecule has 1 N–H and O–H groups in total. The average Bonchev–Trinajstić information content (AvgIpc) is 2.97. The van der Waals surface area contributed by atoms with Crippen LogP contribution in [0.25, 0.3) is 11.4 Å². The first-order valence-electron chi connectivity index (χ1n) is 7.12. The molecule has 112 valence electrons. The Bertz CT molecular complexity index is 554. The molecule has 1 fully saturated rings. The van der Waals surface area contributed by atoms with Gasteiger partial charge in [-0.3, -0.25) is 4.90 Å². The summed E-state index contributed by atoms with van der Waals surface area (Å²) in [7, 11) is 0. The number of tetrazole rings is 1. The third-order valence-electron chi connectivity index (χ3n) is 3.43. The van der Waals surface area contributed by atoms with Gasteiger partial charge in [-0.25, -0.2) is 0 Å². The van der Waals surface area contributed by atoms with Crippen LogP contribution in [0.2, 0.25) is 0 Å². The topological polar surface area (TPSA) is 76.3 Å². The van der Waals surface area contributed by atoms with Crippen LogP contribution in [0.3, 0.4) is 0 Å². The molecule has 0 saturated carbocycles. The van der Waals surface area contributed by atoms with Crippen LogP contribution in [-0.4, -0.2) is 69.2 Å². The third-order valence-corrected chi connectivity index (χ3v) is 3.43. The van der Waals surface area contributed by atoms with E-state index in [1.54, 1.807) is 0 Å². The molecule has 1 aromatic carbocycles. The van der Waals surface area contributed by atoms with Crippen molar-refractivity contribution in [1.82, 2.24) is 25.1 Å². The number of hydrogen-bond acceptors (Lipinski definition) is 6. The Hall–Kier alpha value is -1.83. The minimum absolute atomic E-state index is 0.344. The van der Waals surface area contributed by atoms with Crippen molar-refractivity contribution in [3.8, 4) is 11.4 Å². The zero-order valence-electron chi connectivity index (χ0n) is 11.8. The van der Waals surface area contributed by atoms with E-state index < -0.39 is 6.10 Å². The summed E-state index contributed by atoms with van der Waals surface area (Å²) in [5, 5.41) is 22.4. The van der Waals surface area contributed by atoms with E-state index >= 15 is 0 Å². The van der Waals surface area contributed by atoms with Gasteiger partial charge in [-0.2, -0.15) is 4.80 Å². The maximum atomic E-state index is 10.1. The summed E-state index contributed by atoms with van der Waals surface area (Å²) < 4.78 is 5.29. The molecule has 7 heteroatoms.